The molecule has 0 atom stereocenters. The Balaban J connectivity index is 1.45. The molecule has 0 radical (unpaired) electrons. The number of hydrogen-bond acceptors (Lipinski definition) is 2. The first kappa shape index (κ1) is 33.8. The lowest BCUT2D eigenvalue weighted by atomic mass is 9.68. The predicted molar refractivity (Wildman–Crippen MR) is 186 cm³/mol. The molecule has 0 aliphatic carbocycles. The zero-order chi connectivity index (χ0) is 29.7. The van der Waals surface area contributed by atoms with E-state index in [9.17, 15) is 0 Å². The van der Waals surface area contributed by atoms with Crippen LogP contribution in [-0.2, 0) is 18.3 Å². The number of anilines is 2. The van der Waals surface area contributed by atoms with Crippen LogP contribution in [0.1, 0.15) is 139 Å². The molecule has 2 heteroatoms. The van der Waals surface area contributed by atoms with Crippen molar-refractivity contribution in [3.63, 3.8) is 0 Å². The quantitative estimate of drug-likeness (QED) is 0.0882. The second kappa shape index (κ2) is 20.2. The number of nitrogens with two attached hydrogens (primary N) is 2. The van der Waals surface area contributed by atoms with Gasteiger partial charge in [0.15, 0.2) is 0 Å². The third-order valence-corrected chi connectivity index (χ3v) is 9.12. The van der Waals surface area contributed by atoms with Crippen LogP contribution in [0.4, 0.5) is 11.4 Å². The Morgan fingerprint density at radius 2 is 0.810 bits per heavy atom. The van der Waals surface area contributed by atoms with Crippen LogP contribution in [0.25, 0.3) is 0 Å². The van der Waals surface area contributed by atoms with Crippen LogP contribution < -0.4 is 11.5 Å². The summed E-state index contributed by atoms with van der Waals surface area (Å²) < 4.78 is 0. The van der Waals surface area contributed by atoms with E-state index in [1.165, 1.54) is 126 Å². The molecule has 0 fully saturated rings. The highest BCUT2D eigenvalue weighted by Gasteiger charge is 2.33. The third kappa shape index (κ3) is 13.1. The van der Waals surface area contributed by atoms with E-state index in [2.05, 4.69) is 79.7 Å². The van der Waals surface area contributed by atoms with E-state index >= 15 is 0 Å². The van der Waals surface area contributed by atoms with Gasteiger partial charge in [-0.2, -0.15) is 0 Å². The van der Waals surface area contributed by atoms with Crippen molar-refractivity contribution in [2.75, 3.05) is 11.5 Å². The molecule has 0 aliphatic rings. The van der Waals surface area contributed by atoms with Gasteiger partial charge in [0.1, 0.15) is 0 Å². The average molecular weight is 569 g/mol. The highest BCUT2D eigenvalue weighted by atomic mass is 14.6. The summed E-state index contributed by atoms with van der Waals surface area (Å²) in [5.41, 5.74) is 18.2. The number of nitrogen functional groups attached to an aromatic ring is 2. The SMILES string of the molecule is CCCCCCCCCCCCCCCCCCCC(Cc1ccccc1)(Cc1ccccc1)c1cc(N)cc(N)c1. The summed E-state index contributed by atoms with van der Waals surface area (Å²) in [5.74, 6) is 0. The molecule has 0 saturated carbocycles. The molecule has 4 N–H and O–H groups in total. The monoisotopic (exact) mass is 568 g/mol. The van der Waals surface area contributed by atoms with E-state index in [-0.39, 0.29) is 5.41 Å². The summed E-state index contributed by atoms with van der Waals surface area (Å²) in [6.07, 6.45) is 26.9. The number of rotatable bonds is 23. The zero-order valence-electron chi connectivity index (χ0n) is 26.8. The minimum atomic E-state index is -0.0400. The van der Waals surface area contributed by atoms with Gasteiger partial charge < -0.3 is 11.5 Å². The molecule has 230 valence electrons. The second-order valence-electron chi connectivity index (χ2n) is 12.9. The van der Waals surface area contributed by atoms with Crippen LogP contribution in [0.15, 0.2) is 78.9 Å². The molecule has 0 aromatic heterocycles. The second-order valence-corrected chi connectivity index (χ2v) is 12.9. The summed E-state index contributed by atoms with van der Waals surface area (Å²) >= 11 is 0. The smallest absolute Gasteiger partial charge is 0.0337 e. The van der Waals surface area contributed by atoms with Crippen LogP contribution >= 0.6 is 0 Å². The van der Waals surface area contributed by atoms with E-state index in [1.54, 1.807) is 0 Å². The number of unbranched alkanes of at least 4 members (excludes halogenated alkanes) is 16. The average Bonchev–Trinajstić information content (AvgIpc) is 2.99. The number of benzene rings is 3. The van der Waals surface area contributed by atoms with E-state index in [4.69, 9.17) is 11.5 Å². The lowest BCUT2D eigenvalue weighted by Gasteiger charge is -2.36. The van der Waals surface area contributed by atoms with Crippen molar-refractivity contribution >= 4 is 11.4 Å². The highest BCUT2D eigenvalue weighted by molar-refractivity contribution is 5.56. The van der Waals surface area contributed by atoms with Gasteiger partial charge in [-0.15, -0.1) is 0 Å². The van der Waals surface area contributed by atoms with Crippen LogP contribution in [0, 0.1) is 0 Å². The predicted octanol–water partition coefficient (Wildman–Crippen LogP) is 11.6. The van der Waals surface area contributed by atoms with Gasteiger partial charge in [0.05, 0.1) is 0 Å². The fourth-order valence-corrected chi connectivity index (χ4v) is 6.73. The fraction of sp³-hybridized carbons (Fsp3) is 0.550. The Kier molecular flexibility index (Phi) is 16.2. The van der Waals surface area contributed by atoms with Crippen molar-refractivity contribution in [1.29, 1.82) is 0 Å². The highest BCUT2D eigenvalue weighted by Crippen LogP contribution is 2.39. The van der Waals surface area contributed by atoms with Gasteiger partial charge in [0.25, 0.3) is 0 Å². The van der Waals surface area contributed by atoms with Crippen LogP contribution in [0.2, 0.25) is 0 Å². The van der Waals surface area contributed by atoms with Crippen LogP contribution in [0.3, 0.4) is 0 Å². The van der Waals surface area contributed by atoms with Crippen molar-refractivity contribution < 1.29 is 0 Å². The largest absolute Gasteiger partial charge is 0.399 e. The Hall–Kier alpha value is -2.74. The summed E-state index contributed by atoms with van der Waals surface area (Å²) in [7, 11) is 0. The molecule has 42 heavy (non-hydrogen) atoms. The van der Waals surface area contributed by atoms with Crippen molar-refractivity contribution in [2.24, 2.45) is 0 Å². The topological polar surface area (TPSA) is 52.0 Å². The normalized spacial score (nSPS) is 11.6. The van der Waals surface area contributed by atoms with Crippen molar-refractivity contribution in [3.05, 3.63) is 95.6 Å². The first-order valence-electron chi connectivity index (χ1n) is 17.4. The van der Waals surface area contributed by atoms with Gasteiger partial charge >= 0.3 is 0 Å². The van der Waals surface area contributed by atoms with E-state index in [1.807, 2.05) is 6.07 Å². The Labute approximate surface area is 258 Å². The summed E-state index contributed by atoms with van der Waals surface area (Å²) in [5, 5.41) is 0. The molecule has 0 heterocycles. The van der Waals surface area contributed by atoms with E-state index in [0.29, 0.717) is 0 Å². The summed E-state index contributed by atoms with van der Waals surface area (Å²) in [6, 6.07) is 28.2. The molecule has 2 nitrogen and oxygen atoms in total. The summed E-state index contributed by atoms with van der Waals surface area (Å²) in [4.78, 5) is 0. The molecule has 0 bridgehead atoms. The maximum Gasteiger partial charge on any atom is 0.0337 e. The van der Waals surface area contributed by atoms with Gasteiger partial charge in [-0.1, -0.05) is 177 Å². The maximum absolute atomic E-state index is 6.36. The van der Waals surface area contributed by atoms with Crippen molar-refractivity contribution in [2.45, 2.75) is 141 Å². The lowest BCUT2D eigenvalue weighted by molar-refractivity contribution is 0.366. The molecule has 3 aromatic rings. The molecular weight excluding hydrogens is 508 g/mol. The minimum Gasteiger partial charge on any atom is -0.399 e. The zero-order valence-corrected chi connectivity index (χ0v) is 26.8. The van der Waals surface area contributed by atoms with Crippen molar-refractivity contribution in [1.82, 2.24) is 0 Å². The first-order chi connectivity index (χ1) is 20.6. The van der Waals surface area contributed by atoms with Gasteiger partial charge in [-0.05, 0) is 54.2 Å². The Morgan fingerprint density at radius 3 is 1.19 bits per heavy atom. The van der Waals surface area contributed by atoms with E-state index in [0.717, 1.165) is 30.6 Å². The molecule has 3 aromatic carbocycles. The molecule has 0 saturated heterocycles. The van der Waals surface area contributed by atoms with Gasteiger partial charge in [0.2, 0.25) is 0 Å². The van der Waals surface area contributed by atoms with Crippen LogP contribution in [-0.4, -0.2) is 0 Å². The van der Waals surface area contributed by atoms with E-state index < -0.39 is 0 Å². The van der Waals surface area contributed by atoms with Crippen molar-refractivity contribution in [3.8, 4) is 0 Å². The summed E-state index contributed by atoms with van der Waals surface area (Å²) in [6.45, 7) is 2.30. The maximum atomic E-state index is 6.36. The molecular formula is C40H60N2. The number of hydrogen-bond donors (Lipinski definition) is 2. The Morgan fingerprint density at radius 1 is 0.452 bits per heavy atom. The standard InChI is InChI=1S/C40H60N2/c1-2-3-4-5-6-7-8-9-10-11-12-13-14-15-16-17-24-29-40(33-35-25-20-18-21-26-35,34-36-27-22-19-23-28-36)37-30-38(41)32-39(42)31-37/h18-23,25-28,30-32H,2-17,24,29,33-34,41-42H2,1H3. The van der Waals surface area contributed by atoms with Crippen LogP contribution in [0.5, 0.6) is 0 Å². The molecule has 0 unspecified atom stereocenters. The third-order valence-electron chi connectivity index (χ3n) is 9.12. The first-order valence-corrected chi connectivity index (χ1v) is 17.4. The molecule has 0 amide bonds. The Bertz CT molecular complexity index is 1010. The molecule has 0 spiro atoms. The fourth-order valence-electron chi connectivity index (χ4n) is 6.73. The molecule has 3 rings (SSSR count). The van der Waals surface area contributed by atoms with Gasteiger partial charge in [-0.25, -0.2) is 0 Å². The van der Waals surface area contributed by atoms with Gasteiger partial charge in [0, 0.05) is 16.8 Å². The lowest BCUT2D eigenvalue weighted by Crippen LogP contribution is -2.32. The molecule has 0 aliphatic heterocycles. The minimum absolute atomic E-state index is 0.0400. The van der Waals surface area contributed by atoms with Gasteiger partial charge in [-0.3, -0.25) is 0 Å².